The molecule has 1 aliphatic carbocycles. The number of amides is 1. The Kier molecular flexibility index (Phi) is 5.22. The van der Waals surface area contributed by atoms with E-state index in [9.17, 15) is 22.4 Å². The second-order valence-corrected chi connectivity index (χ2v) is 8.28. The Bertz CT molecular complexity index is 1170. The normalized spacial score (nSPS) is 21.9. The number of nitrogens with one attached hydrogen (secondary N) is 1. The number of hydrogen-bond donors (Lipinski definition) is 1. The smallest absolute Gasteiger partial charge is 0.365 e. The molecule has 1 saturated carbocycles. The molecule has 1 aromatic carbocycles. The van der Waals surface area contributed by atoms with Crippen LogP contribution in [0.4, 0.5) is 23.4 Å². The van der Waals surface area contributed by atoms with Gasteiger partial charge in [0.1, 0.15) is 11.6 Å². The third kappa shape index (κ3) is 4.01. The Morgan fingerprint density at radius 3 is 2.48 bits per heavy atom. The fourth-order valence-corrected chi connectivity index (χ4v) is 4.76. The van der Waals surface area contributed by atoms with Crippen molar-refractivity contribution in [3.8, 4) is 11.4 Å². The molecule has 5 rings (SSSR count). The first-order chi connectivity index (χ1) is 15.8. The first kappa shape index (κ1) is 21.3. The summed E-state index contributed by atoms with van der Waals surface area (Å²) in [6.45, 7) is 0.492. The summed E-state index contributed by atoms with van der Waals surface area (Å²) in [6.07, 6.45) is 0.858. The van der Waals surface area contributed by atoms with Gasteiger partial charge in [0, 0.05) is 36.7 Å². The van der Waals surface area contributed by atoms with Crippen LogP contribution in [-0.2, 0) is 6.18 Å². The number of carbonyl (C=O) groups is 1. The molecule has 170 valence electrons. The quantitative estimate of drug-likeness (QED) is 0.588. The van der Waals surface area contributed by atoms with Gasteiger partial charge in [0.2, 0.25) is 0 Å². The number of hydrogen-bond acceptors (Lipinski definition) is 5. The van der Waals surface area contributed by atoms with E-state index in [4.69, 9.17) is 0 Å². The molecule has 2 aliphatic rings. The van der Waals surface area contributed by atoms with Crippen molar-refractivity contribution >= 4 is 11.7 Å². The molecule has 3 atom stereocenters. The lowest BCUT2D eigenvalue weighted by atomic mass is 10.0. The van der Waals surface area contributed by atoms with Gasteiger partial charge in [-0.05, 0) is 43.0 Å². The first-order valence-electron chi connectivity index (χ1n) is 10.5. The number of likely N-dealkylation sites (tertiary alicyclic amines) is 1. The number of rotatable bonds is 4. The van der Waals surface area contributed by atoms with Gasteiger partial charge in [0.05, 0.1) is 17.2 Å². The monoisotopic (exact) mass is 457 g/mol. The van der Waals surface area contributed by atoms with Crippen molar-refractivity contribution in [1.82, 2.24) is 19.9 Å². The van der Waals surface area contributed by atoms with Crippen molar-refractivity contribution in [3.63, 3.8) is 0 Å². The van der Waals surface area contributed by atoms with Gasteiger partial charge in [-0.1, -0.05) is 12.1 Å². The molecule has 2 bridgehead atoms. The molecule has 33 heavy (non-hydrogen) atoms. The molecule has 1 aliphatic heterocycles. The van der Waals surface area contributed by atoms with Crippen LogP contribution in [0.25, 0.3) is 11.4 Å². The second kappa shape index (κ2) is 8.09. The van der Waals surface area contributed by atoms with E-state index in [1.807, 2.05) is 0 Å². The molecule has 2 fully saturated rings. The standard InChI is InChI=1S/C23H19F4N5O/c24-16-4-1-3-15(21-28-7-2-8-29-21)20(16)22(33)32-12-13-9-17(18(32)10-13)31-19-6-5-14(11-30-19)23(25,26)27/h1-8,11,13,17-18H,9-10,12H2,(H,30,31)/t13-,17+,18-/m0/s1. The van der Waals surface area contributed by atoms with Crippen molar-refractivity contribution in [2.75, 3.05) is 11.9 Å². The van der Waals surface area contributed by atoms with E-state index in [2.05, 4.69) is 20.3 Å². The Balaban J connectivity index is 1.38. The first-order valence-corrected chi connectivity index (χ1v) is 10.5. The minimum absolute atomic E-state index is 0.0809. The number of piperidine rings is 1. The molecule has 6 nitrogen and oxygen atoms in total. The number of halogens is 4. The van der Waals surface area contributed by atoms with Crippen molar-refractivity contribution < 1.29 is 22.4 Å². The summed E-state index contributed by atoms with van der Waals surface area (Å²) in [4.78, 5) is 27.3. The van der Waals surface area contributed by atoms with Gasteiger partial charge in [-0.25, -0.2) is 19.3 Å². The number of fused-ring (bicyclic) bond motifs is 2. The fourth-order valence-electron chi connectivity index (χ4n) is 4.76. The third-order valence-electron chi connectivity index (χ3n) is 6.20. The van der Waals surface area contributed by atoms with E-state index in [1.54, 1.807) is 17.0 Å². The Hall–Kier alpha value is -3.56. The number of pyridine rings is 1. The summed E-state index contributed by atoms with van der Waals surface area (Å²) >= 11 is 0. The molecule has 0 spiro atoms. The number of nitrogens with zero attached hydrogens (tertiary/aromatic N) is 4. The molecular weight excluding hydrogens is 438 g/mol. The van der Waals surface area contributed by atoms with Gasteiger partial charge in [0.25, 0.3) is 5.91 Å². The van der Waals surface area contributed by atoms with Crippen LogP contribution in [0, 0.1) is 11.7 Å². The third-order valence-corrected chi connectivity index (χ3v) is 6.20. The van der Waals surface area contributed by atoms with E-state index in [-0.39, 0.29) is 29.4 Å². The highest BCUT2D eigenvalue weighted by atomic mass is 19.4. The van der Waals surface area contributed by atoms with Gasteiger partial charge in [-0.15, -0.1) is 0 Å². The van der Waals surface area contributed by atoms with Crippen molar-refractivity contribution in [2.45, 2.75) is 31.1 Å². The summed E-state index contributed by atoms with van der Waals surface area (Å²) < 4.78 is 53.2. The van der Waals surface area contributed by atoms with Crippen molar-refractivity contribution in [3.05, 3.63) is 71.9 Å². The van der Waals surface area contributed by atoms with E-state index in [0.717, 1.165) is 25.1 Å². The van der Waals surface area contributed by atoms with Crippen molar-refractivity contribution in [1.29, 1.82) is 0 Å². The Labute approximate surface area is 186 Å². The highest BCUT2D eigenvalue weighted by Gasteiger charge is 2.48. The lowest BCUT2D eigenvalue weighted by Crippen LogP contribution is -2.48. The van der Waals surface area contributed by atoms with Gasteiger partial charge >= 0.3 is 6.18 Å². The molecule has 3 aromatic rings. The zero-order valence-electron chi connectivity index (χ0n) is 17.3. The average Bonchev–Trinajstić information content (AvgIpc) is 3.39. The highest BCUT2D eigenvalue weighted by Crippen LogP contribution is 2.41. The van der Waals surface area contributed by atoms with Gasteiger partial charge in [-0.3, -0.25) is 4.79 Å². The number of carbonyl (C=O) groups excluding carboxylic acids is 1. The largest absolute Gasteiger partial charge is 0.417 e. The average molecular weight is 457 g/mol. The summed E-state index contributed by atoms with van der Waals surface area (Å²) in [5, 5.41) is 3.16. The van der Waals surface area contributed by atoms with Crippen LogP contribution in [0.5, 0.6) is 0 Å². The molecule has 2 aromatic heterocycles. The number of anilines is 1. The predicted octanol–water partition coefficient (Wildman–Crippen LogP) is 4.41. The van der Waals surface area contributed by atoms with Gasteiger partial charge in [0.15, 0.2) is 5.82 Å². The number of aromatic nitrogens is 3. The molecule has 1 N–H and O–H groups in total. The maximum Gasteiger partial charge on any atom is 0.417 e. The maximum atomic E-state index is 14.8. The van der Waals surface area contributed by atoms with Crippen LogP contribution < -0.4 is 5.32 Å². The fraction of sp³-hybridized carbons (Fsp3) is 0.304. The molecule has 3 heterocycles. The zero-order chi connectivity index (χ0) is 23.2. The zero-order valence-corrected chi connectivity index (χ0v) is 17.3. The molecule has 10 heteroatoms. The summed E-state index contributed by atoms with van der Waals surface area (Å²) in [6, 6.07) is 7.82. The second-order valence-electron chi connectivity index (χ2n) is 8.28. The number of benzene rings is 1. The minimum Gasteiger partial charge on any atom is -0.365 e. The van der Waals surface area contributed by atoms with Crippen LogP contribution in [0.1, 0.15) is 28.8 Å². The molecule has 0 unspecified atom stereocenters. The van der Waals surface area contributed by atoms with E-state index < -0.39 is 23.5 Å². The van der Waals surface area contributed by atoms with Crippen LogP contribution in [-0.4, -0.2) is 44.4 Å². The predicted molar refractivity (Wildman–Crippen MR) is 112 cm³/mol. The lowest BCUT2D eigenvalue weighted by molar-refractivity contribution is -0.137. The Morgan fingerprint density at radius 1 is 1.03 bits per heavy atom. The van der Waals surface area contributed by atoms with Crippen molar-refractivity contribution in [2.24, 2.45) is 5.92 Å². The molecule has 0 radical (unpaired) electrons. The van der Waals surface area contributed by atoms with Crippen LogP contribution in [0.15, 0.2) is 55.0 Å². The SMILES string of the molecule is O=C(c1c(F)cccc1-c1ncccn1)N1C[C@H]2C[C@@H](Nc3ccc(C(F)(F)F)cn3)[C@@H]1C2. The van der Waals surface area contributed by atoms with Crippen LogP contribution >= 0.6 is 0 Å². The lowest BCUT2D eigenvalue weighted by Gasteiger charge is -2.34. The van der Waals surface area contributed by atoms with E-state index in [0.29, 0.717) is 17.9 Å². The minimum atomic E-state index is -4.46. The van der Waals surface area contributed by atoms with Gasteiger partial charge < -0.3 is 10.2 Å². The molecule has 1 saturated heterocycles. The van der Waals surface area contributed by atoms with Crippen LogP contribution in [0.3, 0.4) is 0 Å². The molecular formula is C23H19F4N5O. The summed E-state index contributed by atoms with van der Waals surface area (Å²) in [7, 11) is 0. The topological polar surface area (TPSA) is 71.0 Å². The highest BCUT2D eigenvalue weighted by molar-refractivity contribution is 6.00. The summed E-state index contributed by atoms with van der Waals surface area (Å²) in [5.41, 5.74) is -0.590. The maximum absolute atomic E-state index is 14.8. The van der Waals surface area contributed by atoms with Gasteiger partial charge in [-0.2, -0.15) is 13.2 Å². The number of alkyl halides is 3. The Morgan fingerprint density at radius 2 is 1.82 bits per heavy atom. The van der Waals surface area contributed by atoms with E-state index in [1.165, 1.54) is 30.6 Å². The molecule has 1 amide bonds. The van der Waals surface area contributed by atoms with E-state index >= 15 is 0 Å². The van der Waals surface area contributed by atoms with Crippen LogP contribution in [0.2, 0.25) is 0 Å². The summed E-state index contributed by atoms with van der Waals surface area (Å²) in [5.74, 6) is -0.323.